The lowest BCUT2D eigenvalue weighted by atomic mass is 9.98. The molecule has 0 radical (unpaired) electrons. The van der Waals surface area contributed by atoms with Gasteiger partial charge >= 0.3 is 0 Å². The first-order valence-electron chi connectivity index (χ1n) is 5.75. The molecule has 0 amide bonds. The van der Waals surface area contributed by atoms with Crippen LogP contribution in [-0.2, 0) is 23.3 Å². The maximum absolute atomic E-state index is 11.3. The van der Waals surface area contributed by atoms with Crippen molar-refractivity contribution in [2.24, 2.45) is 18.7 Å². The predicted molar refractivity (Wildman–Crippen MR) is 64.1 cm³/mol. The van der Waals surface area contributed by atoms with E-state index in [1.54, 1.807) is 4.68 Å². The molecule has 1 aromatic heterocycles. The van der Waals surface area contributed by atoms with Crippen molar-refractivity contribution in [3.63, 3.8) is 0 Å². The van der Waals surface area contributed by atoms with E-state index >= 15 is 0 Å². The Morgan fingerprint density at radius 3 is 2.94 bits per heavy atom. The van der Waals surface area contributed by atoms with Crippen LogP contribution in [0.15, 0.2) is 6.33 Å². The van der Waals surface area contributed by atoms with Crippen molar-refractivity contribution in [2.75, 3.05) is 11.5 Å². The Morgan fingerprint density at radius 1 is 1.65 bits per heavy atom. The second kappa shape index (κ2) is 4.73. The Morgan fingerprint density at radius 2 is 2.41 bits per heavy atom. The molecule has 0 bridgehead atoms. The average molecular weight is 258 g/mol. The van der Waals surface area contributed by atoms with E-state index in [-0.39, 0.29) is 12.0 Å². The van der Waals surface area contributed by atoms with Gasteiger partial charge in [0.25, 0.3) is 0 Å². The molecule has 6 nitrogen and oxygen atoms in total. The summed E-state index contributed by atoms with van der Waals surface area (Å²) in [6.45, 7) is 0. The highest BCUT2D eigenvalue weighted by Crippen LogP contribution is 2.23. The summed E-state index contributed by atoms with van der Waals surface area (Å²) >= 11 is 0. The Kier molecular flexibility index (Phi) is 3.48. The number of hydrogen-bond acceptors (Lipinski definition) is 5. The van der Waals surface area contributed by atoms with Gasteiger partial charge in [-0.3, -0.25) is 4.68 Å². The van der Waals surface area contributed by atoms with Gasteiger partial charge < -0.3 is 5.73 Å². The van der Waals surface area contributed by atoms with Crippen molar-refractivity contribution >= 4 is 9.84 Å². The molecule has 1 saturated heterocycles. The van der Waals surface area contributed by atoms with Crippen LogP contribution >= 0.6 is 0 Å². The number of nitrogens with two attached hydrogens (primary N) is 1. The van der Waals surface area contributed by atoms with Crippen LogP contribution in [0.1, 0.15) is 18.7 Å². The molecule has 1 fully saturated rings. The molecule has 17 heavy (non-hydrogen) atoms. The third-order valence-electron chi connectivity index (χ3n) is 3.21. The third-order valence-corrected chi connectivity index (χ3v) is 5.05. The van der Waals surface area contributed by atoms with E-state index in [1.165, 1.54) is 6.33 Å². The fourth-order valence-electron chi connectivity index (χ4n) is 2.31. The molecule has 2 N–H and O–H groups in total. The van der Waals surface area contributed by atoms with Crippen LogP contribution in [-0.4, -0.2) is 40.7 Å². The van der Waals surface area contributed by atoms with Crippen LogP contribution in [0, 0.1) is 5.92 Å². The van der Waals surface area contributed by atoms with Gasteiger partial charge in [-0.25, -0.2) is 13.4 Å². The predicted octanol–water partition coefficient (Wildman–Crippen LogP) is -0.490. The third kappa shape index (κ3) is 3.26. The monoisotopic (exact) mass is 258 g/mol. The van der Waals surface area contributed by atoms with E-state index in [4.69, 9.17) is 5.73 Å². The molecule has 1 aliphatic heterocycles. The van der Waals surface area contributed by atoms with Crippen molar-refractivity contribution in [1.82, 2.24) is 14.8 Å². The molecule has 2 unspecified atom stereocenters. The number of hydrogen-bond donors (Lipinski definition) is 1. The van der Waals surface area contributed by atoms with Gasteiger partial charge in [0.15, 0.2) is 9.84 Å². The smallest absolute Gasteiger partial charge is 0.150 e. The first kappa shape index (κ1) is 12.5. The quantitative estimate of drug-likeness (QED) is 0.787. The topological polar surface area (TPSA) is 90.9 Å². The molecular formula is C10H18N4O2S. The minimum absolute atomic E-state index is 0.0452. The first-order valence-corrected chi connectivity index (χ1v) is 7.57. The van der Waals surface area contributed by atoms with Crippen LogP contribution in [0.25, 0.3) is 0 Å². The van der Waals surface area contributed by atoms with Crippen LogP contribution in [0.3, 0.4) is 0 Å². The maximum atomic E-state index is 11.3. The fraction of sp³-hybridized carbons (Fsp3) is 0.800. The van der Waals surface area contributed by atoms with E-state index in [1.807, 2.05) is 7.05 Å². The van der Waals surface area contributed by atoms with E-state index in [0.29, 0.717) is 17.9 Å². The highest BCUT2D eigenvalue weighted by atomic mass is 32.2. The number of rotatable bonds is 4. The molecule has 7 heteroatoms. The minimum Gasteiger partial charge on any atom is -0.327 e. The highest BCUT2D eigenvalue weighted by molar-refractivity contribution is 7.91. The lowest BCUT2D eigenvalue weighted by Gasteiger charge is -2.14. The SMILES string of the molecule is Cn1ncnc1CC(N)CC1CCS(=O)(=O)C1. The van der Waals surface area contributed by atoms with Gasteiger partial charge in [-0.1, -0.05) is 0 Å². The average Bonchev–Trinajstić information content (AvgIpc) is 2.74. The standard InChI is InChI=1S/C10H18N4O2S/c1-14-10(12-7-13-14)5-9(11)4-8-2-3-17(15,16)6-8/h7-9H,2-6,11H2,1H3. The minimum atomic E-state index is -2.80. The summed E-state index contributed by atoms with van der Waals surface area (Å²) in [7, 11) is -0.972. The lowest BCUT2D eigenvalue weighted by Crippen LogP contribution is -2.28. The van der Waals surface area contributed by atoms with Gasteiger partial charge in [-0.2, -0.15) is 5.10 Å². The molecular weight excluding hydrogens is 240 g/mol. The highest BCUT2D eigenvalue weighted by Gasteiger charge is 2.29. The molecule has 2 atom stereocenters. The Balaban J connectivity index is 1.86. The lowest BCUT2D eigenvalue weighted by molar-refractivity contribution is 0.458. The first-order chi connectivity index (χ1) is 7.96. The number of aromatic nitrogens is 3. The summed E-state index contributed by atoms with van der Waals surface area (Å²) in [5.74, 6) is 1.66. The summed E-state index contributed by atoms with van der Waals surface area (Å²) < 4.78 is 24.4. The Hall–Kier alpha value is -0.950. The summed E-state index contributed by atoms with van der Waals surface area (Å²) in [5, 5.41) is 3.98. The van der Waals surface area contributed by atoms with Gasteiger partial charge in [-0.15, -0.1) is 0 Å². The zero-order chi connectivity index (χ0) is 12.5. The largest absolute Gasteiger partial charge is 0.327 e. The van der Waals surface area contributed by atoms with Crippen molar-refractivity contribution in [3.8, 4) is 0 Å². The second-order valence-corrected chi connectivity index (χ2v) is 7.00. The van der Waals surface area contributed by atoms with Crippen molar-refractivity contribution in [2.45, 2.75) is 25.3 Å². The molecule has 1 aliphatic rings. The van der Waals surface area contributed by atoms with Crippen molar-refractivity contribution in [1.29, 1.82) is 0 Å². The zero-order valence-electron chi connectivity index (χ0n) is 9.91. The molecule has 96 valence electrons. The molecule has 1 aromatic rings. The number of nitrogens with zero attached hydrogens (tertiary/aromatic N) is 3. The molecule has 2 heterocycles. The summed E-state index contributed by atoms with van der Waals surface area (Å²) in [5.41, 5.74) is 6.03. The fourth-order valence-corrected chi connectivity index (χ4v) is 4.19. The second-order valence-electron chi connectivity index (χ2n) is 4.77. The van der Waals surface area contributed by atoms with Crippen LogP contribution in [0.2, 0.25) is 0 Å². The summed E-state index contributed by atoms with van der Waals surface area (Å²) in [6, 6.07) is -0.0452. The van der Waals surface area contributed by atoms with Gasteiger partial charge in [-0.05, 0) is 18.8 Å². The molecule has 0 saturated carbocycles. The van der Waals surface area contributed by atoms with Crippen LogP contribution in [0.4, 0.5) is 0 Å². The molecule has 0 aliphatic carbocycles. The number of sulfone groups is 1. The summed E-state index contributed by atoms with van der Waals surface area (Å²) in [4.78, 5) is 4.11. The zero-order valence-corrected chi connectivity index (χ0v) is 10.7. The normalized spacial score (nSPS) is 24.9. The van der Waals surface area contributed by atoms with Gasteiger partial charge in [0.1, 0.15) is 12.2 Å². The van der Waals surface area contributed by atoms with Crippen LogP contribution in [0.5, 0.6) is 0 Å². The Labute approximate surface area is 101 Å². The van der Waals surface area contributed by atoms with E-state index < -0.39 is 9.84 Å². The van der Waals surface area contributed by atoms with Gasteiger partial charge in [0.05, 0.1) is 11.5 Å². The maximum Gasteiger partial charge on any atom is 0.150 e. The van der Waals surface area contributed by atoms with Crippen LogP contribution < -0.4 is 5.73 Å². The van der Waals surface area contributed by atoms with Crippen molar-refractivity contribution < 1.29 is 8.42 Å². The van der Waals surface area contributed by atoms with Crippen molar-refractivity contribution in [3.05, 3.63) is 12.2 Å². The molecule has 0 aromatic carbocycles. The van der Waals surface area contributed by atoms with E-state index in [0.717, 1.165) is 18.7 Å². The van der Waals surface area contributed by atoms with E-state index in [9.17, 15) is 8.42 Å². The van der Waals surface area contributed by atoms with Gasteiger partial charge in [0.2, 0.25) is 0 Å². The molecule has 0 spiro atoms. The summed E-state index contributed by atoms with van der Waals surface area (Å²) in [6.07, 6.45) is 3.63. The Bertz CT molecular complexity index is 482. The molecule has 2 rings (SSSR count). The number of aryl methyl sites for hydroxylation is 1. The van der Waals surface area contributed by atoms with E-state index in [2.05, 4.69) is 10.1 Å². The van der Waals surface area contributed by atoms with Gasteiger partial charge in [0, 0.05) is 19.5 Å².